The number of unbranched alkanes of at least 4 members (excludes halogenated alkanes) is 3. The molecule has 0 spiro atoms. The molecule has 0 bridgehead atoms. The molecule has 0 saturated carbocycles. The van der Waals surface area contributed by atoms with Gasteiger partial charge < -0.3 is 10.2 Å². The van der Waals surface area contributed by atoms with Crippen LogP contribution >= 0.6 is 0 Å². The summed E-state index contributed by atoms with van der Waals surface area (Å²) in [6, 6.07) is 0. The Morgan fingerprint density at radius 2 is 1.39 bits per heavy atom. The van der Waals surface area contributed by atoms with E-state index in [0.29, 0.717) is 12.8 Å². The van der Waals surface area contributed by atoms with E-state index in [1.54, 1.807) is 0 Å². The molecule has 0 rings (SSSR count). The number of rotatable bonds is 9. The SMILES string of the molecule is CCCCCCC(CCC)(C(=O)O)C(=O)O.[KH].[NaH]. The van der Waals surface area contributed by atoms with Crippen molar-refractivity contribution < 1.29 is 19.8 Å². The fourth-order valence-electron chi connectivity index (χ4n) is 1.92. The fraction of sp³-hybridized carbons (Fsp3) is 0.833. The summed E-state index contributed by atoms with van der Waals surface area (Å²) in [5, 5.41) is 18.2. The van der Waals surface area contributed by atoms with Gasteiger partial charge in [-0.25, -0.2) is 0 Å². The Morgan fingerprint density at radius 3 is 1.72 bits per heavy atom. The standard InChI is InChI=1S/C12H22O4.K.Na.2H/c1-3-5-6-7-9-12(8-4-2,10(13)14)11(15)16;;;;/h3-9H2,1-2H3,(H,13,14)(H,15,16);;;;. The summed E-state index contributed by atoms with van der Waals surface area (Å²) < 4.78 is 0. The Balaban J connectivity index is -0.00000112. The van der Waals surface area contributed by atoms with Gasteiger partial charge in [0, 0.05) is 0 Å². The summed E-state index contributed by atoms with van der Waals surface area (Å²) in [5.41, 5.74) is -1.57. The molecular weight excluding hydrogens is 270 g/mol. The quantitative estimate of drug-likeness (QED) is 0.385. The summed E-state index contributed by atoms with van der Waals surface area (Å²) in [7, 11) is 0. The van der Waals surface area contributed by atoms with Crippen LogP contribution in [0.15, 0.2) is 0 Å². The van der Waals surface area contributed by atoms with Crippen LogP contribution in [0, 0.1) is 5.41 Å². The van der Waals surface area contributed by atoms with Gasteiger partial charge in [-0.05, 0) is 12.8 Å². The van der Waals surface area contributed by atoms with E-state index in [9.17, 15) is 9.59 Å². The van der Waals surface area contributed by atoms with Crippen LogP contribution in [-0.2, 0) is 9.59 Å². The van der Waals surface area contributed by atoms with E-state index in [1.807, 2.05) is 6.92 Å². The van der Waals surface area contributed by atoms with Gasteiger partial charge in [-0.2, -0.15) is 0 Å². The molecule has 0 aromatic carbocycles. The van der Waals surface area contributed by atoms with Crippen molar-refractivity contribution in [1.82, 2.24) is 0 Å². The monoisotopic (exact) mass is 294 g/mol. The number of carboxylic acids is 2. The van der Waals surface area contributed by atoms with E-state index in [1.165, 1.54) is 0 Å². The zero-order valence-corrected chi connectivity index (χ0v) is 10.2. The van der Waals surface area contributed by atoms with Gasteiger partial charge in [0.15, 0.2) is 5.41 Å². The molecule has 0 saturated heterocycles. The summed E-state index contributed by atoms with van der Waals surface area (Å²) in [6.07, 6.45) is 4.69. The predicted octanol–water partition coefficient (Wildman–Crippen LogP) is 1.62. The molecule has 0 amide bonds. The minimum atomic E-state index is -1.57. The summed E-state index contributed by atoms with van der Waals surface area (Å²) in [4.78, 5) is 22.3. The first-order valence-corrected chi connectivity index (χ1v) is 5.98. The second-order valence-electron chi connectivity index (χ2n) is 4.25. The van der Waals surface area contributed by atoms with Crippen LogP contribution in [0.3, 0.4) is 0 Å². The Morgan fingerprint density at radius 1 is 0.889 bits per heavy atom. The van der Waals surface area contributed by atoms with Crippen molar-refractivity contribution in [2.24, 2.45) is 5.41 Å². The number of carbonyl (C=O) groups is 2. The number of carboxylic acid groups (broad SMARTS) is 2. The van der Waals surface area contributed by atoms with Crippen molar-refractivity contribution in [3.63, 3.8) is 0 Å². The Hall–Kier alpha value is 1.58. The van der Waals surface area contributed by atoms with Crippen LogP contribution in [0.5, 0.6) is 0 Å². The molecule has 18 heavy (non-hydrogen) atoms. The van der Waals surface area contributed by atoms with E-state index in [4.69, 9.17) is 10.2 Å². The van der Waals surface area contributed by atoms with Crippen LogP contribution in [-0.4, -0.2) is 103 Å². The second-order valence-corrected chi connectivity index (χ2v) is 4.25. The second kappa shape index (κ2) is 13.6. The van der Waals surface area contributed by atoms with Crippen LogP contribution < -0.4 is 0 Å². The average Bonchev–Trinajstić information content (AvgIpc) is 2.21. The van der Waals surface area contributed by atoms with Crippen molar-refractivity contribution >= 4 is 92.9 Å². The maximum atomic E-state index is 11.1. The van der Waals surface area contributed by atoms with Crippen molar-refractivity contribution in [1.29, 1.82) is 0 Å². The van der Waals surface area contributed by atoms with Crippen molar-refractivity contribution in [2.45, 2.75) is 58.8 Å². The molecule has 0 fully saturated rings. The predicted molar refractivity (Wildman–Crippen MR) is 75.7 cm³/mol. The first kappa shape index (κ1) is 24.6. The molecule has 6 heteroatoms. The molecule has 0 heterocycles. The molecule has 2 N–H and O–H groups in total. The molecule has 0 aromatic heterocycles. The fourth-order valence-corrected chi connectivity index (χ4v) is 1.92. The number of hydrogen-bond acceptors (Lipinski definition) is 2. The van der Waals surface area contributed by atoms with Crippen LogP contribution in [0.25, 0.3) is 0 Å². The van der Waals surface area contributed by atoms with E-state index < -0.39 is 17.4 Å². The van der Waals surface area contributed by atoms with Gasteiger partial charge in [0.2, 0.25) is 0 Å². The molecular formula is C12H24KNaO4. The third kappa shape index (κ3) is 8.00. The van der Waals surface area contributed by atoms with Gasteiger partial charge in [0.05, 0.1) is 0 Å². The average molecular weight is 294 g/mol. The van der Waals surface area contributed by atoms with Crippen molar-refractivity contribution in [2.75, 3.05) is 0 Å². The molecule has 0 aliphatic heterocycles. The third-order valence-electron chi connectivity index (χ3n) is 2.95. The molecule has 0 unspecified atom stereocenters. The van der Waals surface area contributed by atoms with Gasteiger partial charge in [-0.15, -0.1) is 0 Å². The summed E-state index contributed by atoms with van der Waals surface area (Å²) in [5.74, 6) is -2.39. The third-order valence-corrected chi connectivity index (χ3v) is 2.95. The summed E-state index contributed by atoms with van der Waals surface area (Å²) >= 11 is 0. The first-order chi connectivity index (χ1) is 7.51. The zero-order valence-electron chi connectivity index (χ0n) is 10.2. The molecule has 4 nitrogen and oxygen atoms in total. The number of hydrogen-bond donors (Lipinski definition) is 2. The van der Waals surface area contributed by atoms with E-state index >= 15 is 0 Å². The minimum absolute atomic E-state index is 0. The van der Waals surface area contributed by atoms with E-state index in [0.717, 1.165) is 19.3 Å². The molecule has 0 atom stereocenters. The molecule has 98 valence electrons. The van der Waals surface area contributed by atoms with Gasteiger partial charge >= 0.3 is 92.9 Å². The van der Waals surface area contributed by atoms with Crippen molar-refractivity contribution in [3.8, 4) is 0 Å². The van der Waals surface area contributed by atoms with E-state index in [-0.39, 0.29) is 93.8 Å². The van der Waals surface area contributed by atoms with Gasteiger partial charge in [0.1, 0.15) is 0 Å². The Labute approximate surface area is 174 Å². The normalized spacial score (nSPS) is 10.1. The van der Waals surface area contributed by atoms with Crippen molar-refractivity contribution in [3.05, 3.63) is 0 Å². The van der Waals surface area contributed by atoms with Gasteiger partial charge in [-0.1, -0.05) is 46.0 Å². The number of aliphatic carboxylic acids is 2. The van der Waals surface area contributed by atoms with Crippen LogP contribution in [0.1, 0.15) is 58.8 Å². The zero-order chi connectivity index (χ0) is 12.6. The Kier molecular flexibility index (Phi) is 18.5. The maximum absolute atomic E-state index is 11.1. The molecule has 0 aliphatic carbocycles. The summed E-state index contributed by atoms with van der Waals surface area (Å²) in [6.45, 7) is 3.88. The van der Waals surface area contributed by atoms with Crippen LogP contribution in [0.2, 0.25) is 0 Å². The topological polar surface area (TPSA) is 74.6 Å². The first-order valence-electron chi connectivity index (χ1n) is 5.98. The van der Waals surface area contributed by atoms with Crippen LogP contribution in [0.4, 0.5) is 0 Å². The van der Waals surface area contributed by atoms with Gasteiger partial charge in [-0.3, -0.25) is 9.59 Å². The molecule has 0 aromatic rings. The van der Waals surface area contributed by atoms with E-state index in [2.05, 4.69) is 6.92 Å². The van der Waals surface area contributed by atoms with Gasteiger partial charge in [0.25, 0.3) is 0 Å². The molecule has 0 aliphatic rings. The Bertz CT molecular complexity index is 232. The molecule has 0 radical (unpaired) electrons.